The van der Waals surface area contributed by atoms with E-state index in [0.717, 1.165) is 38.5 Å². The number of nitrogens with one attached hydrogen (secondary N) is 1. The second kappa shape index (κ2) is 4.99. The third-order valence-corrected chi connectivity index (χ3v) is 5.57. The largest absolute Gasteiger partial charge is 0.373 e. The Balaban J connectivity index is 1.90. The number of carbonyl (C=O) groups is 1. The highest BCUT2D eigenvalue weighted by Gasteiger charge is 2.50. The van der Waals surface area contributed by atoms with Gasteiger partial charge in [0.25, 0.3) is 0 Å². The Morgan fingerprint density at radius 3 is 2.40 bits per heavy atom. The van der Waals surface area contributed by atoms with E-state index in [1.54, 1.807) is 0 Å². The lowest BCUT2D eigenvalue weighted by Crippen LogP contribution is -2.39. The van der Waals surface area contributed by atoms with Gasteiger partial charge >= 0.3 is 6.21 Å². The summed E-state index contributed by atoms with van der Waals surface area (Å²) in [4.78, 5) is 15.5. The lowest BCUT2D eigenvalue weighted by atomic mass is 9.61. The lowest BCUT2D eigenvalue weighted by Gasteiger charge is -2.41. The molecule has 1 aromatic carbocycles. The van der Waals surface area contributed by atoms with Crippen LogP contribution in [0.2, 0.25) is 0 Å². The van der Waals surface area contributed by atoms with E-state index in [-0.39, 0.29) is 16.6 Å². The van der Waals surface area contributed by atoms with Gasteiger partial charge in [-0.25, -0.2) is 0 Å². The van der Waals surface area contributed by atoms with Crippen molar-refractivity contribution in [2.45, 2.75) is 50.4 Å². The van der Waals surface area contributed by atoms with Gasteiger partial charge in [0.15, 0.2) is 0 Å². The minimum absolute atomic E-state index is 0.0797. The van der Waals surface area contributed by atoms with Crippen molar-refractivity contribution in [1.29, 1.82) is 5.53 Å². The summed E-state index contributed by atoms with van der Waals surface area (Å²) < 4.78 is 0. The highest BCUT2D eigenvalue weighted by atomic mass is 16.1. The molecule has 0 aromatic heterocycles. The number of rotatable bonds is 3. The molecule has 0 spiro atoms. The van der Waals surface area contributed by atoms with Gasteiger partial charge in [0, 0.05) is 5.41 Å². The molecule has 0 unspecified atom stereocenters. The van der Waals surface area contributed by atoms with Gasteiger partial charge in [-0.2, -0.15) is 0 Å². The summed E-state index contributed by atoms with van der Waals surface area (Å²) in [7, 11) is 0. The maximum absolute atomic E-state index is 12.3. The molecule has 0 atom stereocenters. The van der Waals surface area contributed by atoms with Crippen molar-refractivity contribution in [1.82, 2.24) is 0 Å². The van der Waals surface area contributed by atoms with Crippen LogP contribution in [0.3, 0.4) is 0 Å². The van der Waals surface area contributed by atoms with Crippen LogP contribution in [-0.4, -0.2) is 16.8 Å². The second-order valence-corrected chi connectivity index (χ2v) is 6.40. The van der Waals surface area contributed by atoms with Crippen molar-refractivity contribution in [2.75, 3.05) is 0 Å². The molecule has 3 aliphatic rings. The Kier molecular flexibility index (Phi) is 3.31. The van der Waals surface area contributed by atoms with Crippen LogP contribution in [-0.2, 0) is 10.2 Å². The van der Waals surface area contributed by atoms with Crippen LogP contribution >= 0.6 is 0 Å². The lowest BCUT2D eigenvalue weighted by molar-refractivity contribution is -0.139. The maximum Gasteiger partial charge on any atom is 0.373 e. The van der Waals surface area contributed by atoms with Crippen LogP contribution in [0.15, 0.2) is 30.3 Å². The molecule has 0 aliphatic heterocycles. The van der Waals surface area contributed by atoms with Gasteiger partial charge in [-0.3, -0.25) is 4.79 Å². The third-order valence-electron chi connectivity index (χ3n) is 5.57. The molecule has 3 heteroatoms. The number of Topliss-reactive ketones (excluding diaryl/α,β-unsaturated/α-hetero) is 1. The Morgan fingerprint density at radius 2 is 1.75 bits per heavy atom. The van der Waals surface area contributed by atoms with Crippen LogP contribution in [0.5, 0.6) is 0 Å². The molecule has 4 rings (SSSR count). The van der Waals surface area contributed by atoms with Crippen LogP contribution in [0.25, 0.3) is 0 Å². The third kappa shape index (κ3) is 2.03. The van der Waals surface area contributed by atoms with E-state index >= 15 is 0 Å². The van der Waals surface area contributed by atoms with E-state index in [1.807, 2.05) is 0 Å². The molecule has 0 amide bonds. The second-order valence-electron chi connectivity index (χ2n) is 6.40. The van der Waals surface area contributed by atoms with Gasteiger partial charge < -0.3 is 0 Å². The molecule has 3 saturated carbocycles. The van der Waals surface area contributed by atoms with Crippen LogP contribution in [0.1, 0.15) is 50.5 Å². The first kappa shape index (κ1) is 13.3. The first-order valence-corrected chi connectivity index (χ1v) is 7.51. The predicted molar refractivity (Wildman–Crippen MR) is 76.9 cm³/mol. The van der Waals surface area contributed by atoms with Crippen molar-refractivity contribution < 1.29 is 9.58 Å². The average molecular weight is 269 g/mol. The molecule has 0 radical (unpaired) electrons. The summed E-state index contributed by atoms with van der Waals surface area (Å²) in [6, 6.07) is 10.8. The van der Waals surface area contributed by atoms with Gasteiger partial charge in [-0.15, -0.1) is 0 Å². The van der Waals surface area contributed by atoms with Crippen molar-refractivity contribution in [3.05, 3.63) is 35.9 Å². The van der Waals surface area contributed by atoms with Crippen LogP contribution < -0.4 is 0 Å². The van der Waals surface area contributed by atoms with E-state index in [4.69, 9.17) is 5.53 Å². The summed E-state index contributed by atoms with van der Waals surface area (Å²) in [5.41, 5.74) is 8.40. The van der Waals surface area contributed by atoms with E-state index in [0.29, 0.717) is 0 Å². The number of fused-ring (bicyclic) bond motifs is 4. The molecule has 0 saturated heterocycles. The Morgan fingerprint density at radius 1 is 1.05 bits per heavy atom. The SMILES string of the molecule is N=[N+]=CC(=O)C12CCCC(c3ccccc3)(CC1)CC2. The molecule has 3 aliphatic carbocycles. The molecule has 1 aromatic rings. The molecule has 2 bridgehead atoms. The normalized spacial score (nSPS) is 32.2. The first-order valence-electron chi connectivity index (χ1n) is 7.51. The van der Waals surface area contributed by atoms with Gasteiger partial charge in [0.2, 0.25) is 5.78 Å². The highest BCUT2D eigenvalue weighted by Crippen LogP contribution is 2.55. The summed E-state index contributed by atoms with van der Waals surface area (Å²) in [5.74, 6) is 0.0797. The molecular weight excluding hydrogens is 248 g/mol. The summed E-state index contributed by atoms with van der Waals surface area (Å²) in [6.45, 7) is 0. The van der Waals surface area contributed by atoms with Crippen molar-refractivity contribution >= 4 is 12.0 Å². The van der Waals surface area contributed by atoms with Gasteiger partial charge in [0.05, 0.1) is 10.3 Å². The summed E-state index contributed by atoms with van der Waals surface area (Å²) in [6.07, 6.45) is 8.56. The number of carbonyl (C=O) groups excluding carboxylic acids is 1. The molecule has 20 heavy (non-hydrogen) atoms. The topological polar surface area (TPSA) is 55.0 Å². The molecular formula is C17H21N2O+. The Hall–Kier alpha value is -1.73. The molecule has 3 fully saturated rings. The highest BCUT2D eigenvalue weighted by molar-refractivity contribution is 6.27. The fraction of sp³-hybridized carbons (Fsp3) is 0.529. The fourth-order valence-corrected chi connectivity index (χ4v) is 4.26. The zero-order valence-corrected chi connectivity index (χ0v) is 11.8. The number of hydrogen-bond acceptors (Lipinski definition) is 2. The number of benzene rings is 1. The van der Waals surface area contributed by atoms with Crippen molar-refractivity contribution in [3.8, 4) is 0 Å². The molecule has 0 heterocycles. The number of hydrogen-bond donors (Lipinski definition) is 1. The van der Waals surface area contributed by atoms with Gasteiger partial charge in [-0.05, 0) is 49.5 Å². The van der Waals surface area contributed by atoms with Crippen LogP contribution in [0.4, 0.5) is 0 Å². The maximum atomic E-state index is 12.3. The fourth-order valence-electron chi connectivity index (χ4n) is 4.26. The van der Waals surface area contributed by atoms with Crippen molar-refractivity contribution in [3.63, 3.8) is 0 Å². The number of ketones is 1. The minimum atomic E-state index is -0.223. The first-order chi connectivity index (χ1) is 9.71. The zero-order valence-electron chi connectivity index (χ0n) is 11.8. The number of nitrogens with zero attached hydrogens (tertiary/aromatic N) is 1. The van der Waals surface area contributed by atoms with E-state index < -0.39 is 0 Å². The van der Waals surface area contributed by atoms with E-state index in [9.17, 15) is 4.79 Å². The van der Waals surface area contributed by atoms with Crippen LogP contribution in [0, 0.1) is 10.9 Å². The zero-order chi connectivity index (χ0) is 14.1. The van der Waals surface area contributed by atoms with Gasteiger partial charge in [-0.1, -0.05) is 36.8 Å². The van der Waals surface area contributed by atoms with Crippen molar-refractivity contribution in [2.24, 2.45) is 5.41 Å². The standard InChI is InChI=1S/C17H21N2O/c18-19-13-15(20)17-8-4-7-16(9-11-17,10-12-17)14-5-2-1-3-6-14/h1-3,5-6,13,18H,4,7-12H2/q+1. The summed E-state index contributed by atoms with van der Waals surface area (Å²) >= 11 is 0. The Labute approximate surface area is 119 Å². The quantitative estimate of drug-likeness (QED) is 0.509. The smallest absolute Gasteiger partial charge is 0.286 e. The van der Waals surface area contributed by atoms with E-state index in [2.05, 4.69) is 35.1 Å². The predicted octanol–water partition coefficient (Wildman–Crippen LogP) is 3.55. The average Bonchev–Trinajstić information content (AvgIpc) is 2.81. The molecule has 104 valence electrons. The van der Waals surface area contributed by atoms with E-state index in [1.165, 1.54) is 18.2 Å². The Bertz CT molecular complexity index is 550. The molecule has 1 N–H and O–H groups in total. The molecule has 3 nitrogen and oxygen atoms in total. The van der Waals surface area contributed by atoms with Gasteiger partial charge in [0.1, 0.15) is 0 Å². The summed E-state index contributed by atoms with van der Waals surface area (Å²) in [5, 5.41) is 0. The minimum Gasteiger partial charge on any atom is -0.286 e. The monoisotopic (exact) mass is 269 g/mol.